The van der Waals surface area contributed by atoms with Gasteiger partial charge in [-0.1, -0.05) is 12.1 Å². The van der Waals surface area contributed by atoms with E-state index >= 15 is 0 Å². The normalized spacial score (nSPS) is 12.0. The number of carbonyl (C=O) groups excluding carboxylic acids is 1. The molecule has 35 heavy (non-hydrogen) atoms. The predicted molar refractivity (Wildman–Crippen MR) is 135 cm³/mol. The van der Waals surface area contributed by atoms with Crippen molar-refractivity contribution in [3.63, 3.8) is 0 Å². The van der Waals surface area contributed by atoms with Gasteiger partial charge in [-0.2, -0.15) is 0 Å². The molecule has 0 aliphatic carbocycles. The molecule has 4 rings (SSSR count). The highest BCUT2D eigenvalue weighted by molar-refractivity contribution is 7.43. The third-order valence-corrected chi connectivity index (χ3v) is 7.73. The van der Waals surface area contributed by atoms with Crippen LogP contribution in [0.4, 0.5) is 10.1 Å². The van der Waals surface area contributed by atoms with E-state index in [2.05, 4.69) is 5.38 Å². The van der Waals surface area contributed by atoms with Crippen molar-refractivity contribution >= 4 is 32.2 Å². The van der Waals surface area contributed by atoms with Crippen LogP contribution >= 0.6 is 10.5 Å². The zero-order valence-corrected chi connectivity index (χ0v) is 20.6. The number of nitrogens with zero attached hydrogens (tertiary/aromatic N) is 1. The van der Waals surface area contributed by atoms with Gasteiger partial charge >= 0.3 is 5.97 Å². The molecule has 3 aromatic carbocycles. The summed E-state index contributed by atoms with van der Waals surface area (Å²) in [6.45, 7) is 6.94. The van der Waals surface area contributed by atoms with Crippen LogP contribution < -0.4 is 4.74 Å². The molecule has 1 heterocycles. The Kier molecular flexibility index (Phi) is 6.58. The number of esters is 1. The molecule has 0 spiro atoms. The first-order chi connectivity index (χ1) is 16.5. The zero-order valence-electron chi connectivity index (χ0n) is 19.8. The van der Waals surface area contributed by atoms with Gasteiger partial charge in [0.1, 0.15) is 22.5 Å². The Hall–Kier alpha value is -3.78. The van der Waals surface area contributed by atoms with Crippen LogP contribution in [-0.2, 0) is 15.1 Å². The molecule has 0 aliphatic rings. The average Bonchev–Trinajstić information content (AvgIpc) is 3.21. The smallest absolute Gasteiger partial charge is 0.345 e. The summed E-state index contributed by atoms with van der Waals surface area (Å²) in [5.41, 5.74) is 1.36. The van der Waals surface area contributed by atoms with Crippen molar-refractivity contribution in [2.75, 3.05) is 6.61 Å². The summed E-state index contributed by atoms with van der Waals surface area (Å²) in [5.74, 6) is -0.351. The molecule has 180 valence electrons. The average molecular weight is 495 g/mol. The summed E-state index contributed by atoms with van der Waals surface area (Å²) < 4.78 is 26.0. The highest BCUT2D eigenvalue weighted by Gasteiger charge is 2.27. The number of ether oxygens (including phenoxy) is 2. The van der Waals surface area contributed by atoms with Gasteiger partial charge in [0.25, 0.3) is 5.69 Å². The highest BCUT2D eigenvalue weighted by Crippen LogP contribution is 2.43. The molecule has 0 aliphatic heterocycles. The molecule has 0 fully saturated rings. The van der Waals surface area contributed by atoms with Gasteiger partial charge < -0.3 is 9.47 Å². The Bertz CT molecular complexity index is 1420. The summed E-state index contributed by atoms with van der Waals surface area (Å²) in [6, 6.07) is 16.8. The summed E-state index contributed by atoms with van der Waals surface area (Å²) in [6.07, 6.45) is 0. The second-order valence-electron chi connectivity index (χ2n) is 8.79. The lowest BCUT2D eigenvalue weighted by molar-refractivity contribution is -0.384. The SMILES string of the molecule is Cc1cc(-[s+]2ccc3cc([N+](=O)[O-])ccc32)cc(C)c1OCC(=O)OC(C)(C)c1cccc(F)c1. The summed E-state index contributed by atoms with van der Waals surface area (Å²) in [4.78, 5) is 24.2. The van der Waals surface area contributed by atoms with Crippen molar-refractivity contribution in [3.8, 4) is 10.6 Å². The van der Waals surface area contributed by atoms with Crippen molar-refractivity contribution in [2.45, 2.75) is 33.3 Å². The van der Waals surface area contributed by atoms with E-state index in [-0.39, 0.29) is 22.8 Å². The van der Waals surface area contributed by atoms with E-state index in [9.17, 15) is 19.3 Å². The highest BCUT2D eigenvalue weighted by atomic mass is 32.2. The lowest BCUT2D eigenvalue weighted by atomic mass is 9.98. The maximum absolute atomic E-state index is 13.6. The van der Waals surface area contributed by atoms with Crippen LogP contribution in [-0.4, -0.2) is 17.5 Å². The van der Waals surface area contributed by atoms with Gasteiger partial charge in [-0.15, -0.1) is 0 Å². The maximum Gasteiger partial charge on any atom is 0.345 e. The Morgan fingerprint density at radius 1 is 1.06 bits per heavy atom. The van der Waals surface area contributed by atoms with Crippen molar-refractivity contribution in [2.24, 2.45) is 0 Å². The van der Waals surface area contributed by atoms with Gasteiger partial charge in [-0.3, -0.25) is 10.1 Å². The lowest BCUT2D eigenvalue weighted by Crippen LogP contribution is -2.28. The van der Waals surface area contributed by atoms with Gasteiger partial charge in [0, 0.05) is 52.3 Å². The van der Waals surface area contributed by atoms with Crippen molar-refractivity contribution in [1.29, 1.82) is 0 Å². The molecule has 0 saturated heterocycles. The number of fused-ring (bicyclic) bond motifs is 1. The monoisotopic (exact) mass is 494 g/mol. The fourth-order valence-electron chi connectivity index (χ4n) is 4.03. The summed E-state index contributed by atoms with van der Waals surface area (Å²) >= 11 is 0. The summed E-state index contributed by atoms with van der Waals surface area (Å²) in [5, 5.41) is 14.0. The Labute approximate surface area is 205 Å². The quantitative estimate of drug-likeness (QED) is 0.118. The molecule has 0 N–H and O–H groups in total. The number of thiophene rings is 1. The minimum absolute atomic E-state index is 0.0717. The van der Waals surface area contributed by atoms with Crippen LogP contribution in [0.25, 0.3) is 15.0 Å². The molecule has 8 heteroatoms. The predicted octanol–water partition coefficient (Wildman–Crippen LogP) is 7.10. The molecule has 1 atom stereocenters. The lowest BCUT2D eigenvalue weighted by Gasteiger charge is -2.26. The van der Waals surface area contributed by atoms with Crippen molar-refractivity contribution in [3.05, 3.63) is 98.7 Å². The molecular weight excluding hydrogens is 469 g/mol. The largest absolute Gasteiger partial charge is 0.481 e. The zero-order chi connectivity index (χ0) is 25.3. The number of carbonyl (C=O) groups is 1. The number of non-ortho nitro benzene ring substituents is 1. The van der Waals surface area contributed by atoms with Gasteiger partial charge in [-0.25, -0.2) is 9.18 Å². The number of benzene rings is 3. The second kappa shape index (κ2) is 9.46. The number of nitro benzene ring substituents is 1. The van der Waals surface area contributed by atoms with E-state index in [1.165, 1.54) is 18.2 Å². The van der Waals surface area contributed by atoms with E-state index in [0.29, 0.717) is 11.3 Å². The van der Waals surface area contributed by atoms with Gasteiger partial charge in [0.05, 0.1) is 4.92 Å². The Balaban J connectivity index is 1.50. The minimum atomic E-state index is -1.01. The molecule has 0 radical (unpaired) electrons. The molecule has 1 aromatic heterocycles. The molecule has 0 saturated carbocycles. The molecular formula is C27H25FNO5S+. The second-order valence-corrected chi connectivity index (χ2v) is 10.6. The molecule has 1 unspecified atom stereocenters. The number of halogens is 1. The van der Waals surface area contributed by atoms with Gasteiger partial charge in [-0.05, 0) is 56.5 Å². The van der Waals surface area contributed by atoms with Crippen molar-refractivity contribution in [1.82, 2.24) is 0 Å². The third kappa shape index (κ3) is 5.17. The molecule has 0 bridgehead atoms. The first kappa shape index (κ1) is 24.3. The number of rotatable bonds is 7. The van der Waals surface area contributed by atoms with E-state index < -0.39 is 22.3 Å². The van der Waals surface area contributed by atoms with Crippen LogP contribution in [0.1, 0.15) is 30.5 Å². The maximum atomic E-state index is 13.6. The standard InChI is InChI=1S/C27H25FNO5S/c1-17-12-23(35-11-10-19-14-22(29(31)32)8-9-24(19)35)13-18(2)26(17)33-16-25(30)34-27(3,4)20-6-5-7-21(28)15-20/h5-15H,16H2,1-4H3/q+1. The number of hydrogen-bond acceptors (Lipinski definition) is 5. The Morgan fingerprint density at radius 2 is 1.77 bits per heavy atom. The molecule has 0 amide bonds. The molecule has 4 aromatic rings. The fourth-order valence-corrected chi connectivity index (χ4v) is 6.08. The fraction of sp³-hybridized carbons (Fsp3) is 0.222. The van der Waals surface area contributed by atoms with Crippen LogP contribution in [0, 0.1) is 29.8 Å². The van der Waals surface area contributed by atoms with Crippen LogP contribution in [0.2, 0.25) is 0 Å². The number of hydrogen-bond donors (Lipinski definition) is 0. The minimum Gasteiger partial charge on any atom is -0.481 e. The first-order valence-electron chi connectivity index (χ1n) is 11.0. The van der Waals surface area contributed by atoms with Crippen LogP contribution in [0.15, 0.2) is 66.0 Å². The van der Waals surface area contributed by atoms with E-state index in [4.69, 9.17) is 9.47 Å². The molecule has 6 nitrogen and oxygen atoms in total. The van der Waals surface area contributed by atoms with Crippen molar-refractivity contribution < 1.29 is 23.6 Å². The van der Waals surface area contributed by atoms with Crippen LogP contribution in [0.5, 0.6) is 5.75 Å². The van der Waals surface area contributed by atoms with Gasteiger partial charge in [0.15, 0.2) is 16.2 Å². The van der Waals surface area contributed by atoms with E-state index in [1.54, 1.807) is 32.0 Å². The number of aryl methyl sites for hydroxylation is 2. The summed E-state index contributed by atoms with van der Waals surface area (Å²) in [7, 11) is -0.346. The Morgan fingerprint density at radius 3 is 2.43 bits per heavy atom. The van der Waals surface area contributed by atoms with Crippen LogP contribution in [0.3, 0.4) is 0 Å². The van der Waals surface area contributed by atoms with E-state index in [0.717, 1.165) is 26.1 Å². The first-order valence-corrected chi connectivity index (χ1v) is 12.3. The van der Waals surface area contributed by atoms with E-state index in [1.807, 2.05) is 38.1 Å². The topological polar surface area (TPSA) is 78.7 Å². The number of nitro groups is 1. The van der Waals surface area contributed by atoms with Gasteiger partial charge in [0.2, 0.25) is 0 Å². The third-order valence-electron chi connectivity index (χ3n) is 5.74.